The number of unbranched alkanes of at least 4 members (excludes halogenated alkanes) is 1. The summed E-state index contributed by atoms with van der Waals surface area (Å²) in [6.07, 6.45) is 4.07. The Bertz CT molecular complexity index is 506. The lowest BCUT2D eigenvalue weighted by Crippen LogP contribution is -2.52. The van der Waals surface area contributed by atoms with Gasteiger partial charge in [-0.1, -0.05) is 6.42 Å². The minimum absolute atomic E-state index is 0.279. The number of carboxylic acids is 1. The first-order valence-electron chi connectivity index (χ1n) is 8.77. The minimum Gasteiger partial charge on any atom is -0.480 e. The molecule has 3 unspecified atom stereocenters. The lowest BCUT2D eigenvalue weighted by Gasteiger charge is -2.19. The summed E-state index contributed by atoms with van der Waals surface area (Å²) < 4.78 is 0. The van der Waals surface area contributed by atoms with Crippen molar-refractivity contribution in [1.29, 1.82) is 0 Å². The summed E-state index contributed by atoms with van der Waals surface area (Å²) >= 11 is 1.47. The highest BCUT2D eigenvalue weighted by molar-refractivity contribution is 7.98. The number of nitrogens with two attached hydrogens (primary N) is 2. The summed E-state index contributed by atoms with van der Waals surface area (Å²) in [5.74, 6) is -2.19. The van der Waals surface area contributed by atoms with E-state index in [1.54, 1.807) is 0 Å². The first kappa shape index (κ1) is 25.1. The number of aliphatic carboxylic acids is 1. The summed E-state index contributed by atoms with van der Waals surface area (Å²) in [4.78, 5) is 46.8. The normalized spacial score (nSPS) is 13.9. The van der Waals surface area contributed by atoms with E-state index in [1.807, 2.05) is 6.26 Å². The Morgan fingerprint density at radius 2 is 1.74 bits per heavy atom. The van der Waals surface area contributed by atoms with Crippen LogP contribution in [-0.2, 0) is 19.2 Å². The zero-order valence-electron chi connectivity index (χ0n) is 15.8. The summed E-state index contributed by atoms with van der Waals surface area (Å²) in [5, 5.41) is 16.3. The Morgan fingerprint density at radius 1 is 1.07 bits per heavy atom. The number of rotatable bonds is 14. The third kappa shape index (κ3) is 11.5. The molecule has 0 aliphatic carbocycles. The van der Waals surface area contributed by atoms with E-state index >= 15 is 0 Å². The highest BCUT2D eigenvalue weighted by Crippen LogP contribution is 2.01. The van der Waals surface area contributed by atoms with Crippen LogP contribution in [0.3, 0.4) is 0 Å². The van der Waals surface area contributed by atoms with Crippen molar-refractivity contribution < 1.29 is 24.3 Å². The lowest BCUT2D eigenvalue weighted by molar-refractivity contribution is -0.142. The highest BCUT2D eigenvalue weighted by Gasteiger charge is 2.23. The topological polar surface area (TPSA) is 177 Å². The van der Waals surface area contributed by atoms with Gasteiger partial charge in [0.2, 0.25) is 17.7 Å². The fraction of sp³-hybridized carbons (Fsp3) is 0.750. The second-order valence-corrected chi connectivity index (χ2v) is 7.06. The molecule has 0 bridgehead atoms. The van der Waals surface area contributed by atoms with Crippen LogP contribution in [0.5, 0.6) is 0 Å². The number of thioether (sulfide) groups is 1. The zero-order valence-corrected chi connectivity index (χ0v) is 16.6. The summed E-state index contributed by atoms with van der Waals surface area (Å²) in [7, 11) is 0. The monoisotopic (exact) mass is 405 g/mol. The van der Waals surface area contributed by atoms with Gasteiger partial charge in [-0.05, 0) is 44.7 Å². The van der Waals surface area contributed by atoms with E-state index in [1.165, 1.54) is 18.7 Å². The Balaban J connectivity index is 4.30. The Labute approximate surface area is 163 Å². The maximum absolute atomic E-state index is 12.0. The van der Waals surface area contributed by atoms with Gasteiger partial charge in [-0.15, -0.1) is 0 Å². The van der Waals surface area contributed by atoms with Crippen molar-refractivity contribution in [2.45, 2.75) is 50.7 Å². The number of carboxylic acid groups (broad SMARTS) is 1. The van der Waals surface area contributed by atoms with Gasteiger partial charge in [0, 0.05) is 0 Å². The SMILES string of the molecule is CSCCC(NC(=O)C(C)NC(=O)CNC(=O)C(N)CCCCN)C(=O)O. The number of carbonyl (C=O) groups excluding carboxylic acids is 3. The van der Waals surface area contributed by atoms with E-state index in [-0.39, 0.29) is 13.0 Å². The van der Waals surface area contributed by atoms with Crippen LogP contribution in [0.1, 0.15) is 32.6 Å². The van der Waals surface area contributed by atoms with Crippen LogP contribution in [0, 0.1) is 0 Å². The molecule has 8 N–H and O–H groups in total. The molecule has 0 aromatic heterocycles. The first-order chi connectivity index (χ1) is 12.7. The van der Waals surface area contributed by atoms with Gasteiger partial charge in [-0.2, -0.15) is 11.8 Å². The summed E-state index contributed by atoms with van der Waals surface area (Å²) in [5.41, 5.74) is 11.1. The fourth-order valence-electron chi connectivity index (χ4n) is 2.09. The molecule has 0 rings (SSSR count). The molecule has 0 heterocycles. The largest absolute Gasteiger partial charge is 0.480 e. The Kier molecular flexibility index (Phi) is 13.3. The van der Waals surface area contributed by atoms with Gasteiger partial charge < -0.3 is 32.5 Å². The van der Waals surface area contributed by atoms with Crippen molar-refractivity contribution in [2.24, 2.45) is 11.5 Å². The maximum atomic E-state index is 12.0. The van der Waals surface area contributed by atoms with E-state index < -0.39 is 41.8 Å². The first-order valence-corrected chi connectivity index (χ1v) is 10.2. The maximum Gasteiger partial charge on any atom is 0.326 e. The zero-order chi connectivity index (χ0) is 20.8. The molecule has 0 spiro atoms. The van der Waals surface area contributed by atoms with E-state index in [9.17, 15) is 19.2 Å². The van der Waals surface area contributed by atoms with Crippen molar-refractivity contribution in [3.05, 3.63) is 0 Å². The molecule has 0 aromatic carbocycles. The van der Waals surface area contributed by atoms with E-state index in [4.69, 9.17) is 16.6 Å². The molecule has 0 aliphatic heterocycles. The average molecular weight is 406 g/mol. The van der Waals surface area contributed by atoms with Gasteiger partial charge in [0.15, 0.2) is 0 Å². The van der Waals surface area contributed by atoms with Gasteiger partial charge in [-0.25, -0.2) is 4.79 Å². The van der Waals surface area contributed by atoms with Crippen LogP contribution < -0.4 is 27.4 Å². The number of hydrogen-bond acceptors (Lipinski definition) is 7. The van der Waals surface area contributed by atoms with Crippen molar-refractivity contribution in [3.8, 4) is 0 Å². The molecule has 27 heavy (non-hydrogen) atoms. The van der Waals surface area contributed by atoms with Gasteiger partial charge in [0.25, 0.3) is 0 Å². The second kappa shape index (κ2) is 14.2. The van der Waals surface area contributed by atoms with Gasteiger partial charge in [-0.3, -0.25) is 14.4 Å². The molecular weight excluding hydrogens is 374 g/mol. The average Bonchev–Trinajstić information content (AvgIpc) is 2.62. The number of hydrogen-bond donors (Lipinski definition) is 6. The lowest BCUT2D eigenvalue weighted by atomic mass is 10.1. The molecule has 3 amide bonds. The van der Waals surface area contributed by atoms with Crippen LogP contribution in [0.4, 0.5) is 0 Å². The Morgan fingerprint density at radius 3 is 2.30 bits per heavy atom. The van der Waals surface area contributed by atoms with Crippen LogP contribution >= 0.6 is 11.8 Å². The Hall–Kier alpha value is -1.85. The molecule has 156 valence electrons. The molecular formula is C16H31N5O5S. The highest BCUT2D eigenvalue weighted by atomic mass is 32.2. The summed E-state index contributed by atoms with van der Waals surface area (Å²) in [6.45, 7) is 1.63. The second-order valence-electron chi connectivity index (χ2n) is 6.08. The van der Waals surface area contributed by atoms with Crippen molar-refractivity contribution in [2.75, 3.05) is 25.1 Å². The predicted molar refractivity (Wildman–Crippen MR) is 104 cm³/mol. The van der Waals surface area contributed by atoms with Gasteiger partial charge >= 0.3 is 5.97 Å². The molecule has 11 heteroatoms. The van der Waals surface area contributed by atoms with E-state index in [2.05, 4.69) is 16.0 Å². The quantitative estimate of drug-likeness (QED) is 0.187. The molecule has 0 aliphatic rings. The summed E-state index contributed by atoms with van der Waals surface area (Å²) in [6, 6.07) is -2.68. The predicted octanol–water partition coefficient (Wildman–Crippen LogP) is -1.61. The molecule has 3 atom stereocenters. The minimum atomic E-state index is -1.13. The molecule has 0 saturated carbocycles. The number of amides is 3. The third-order valence-corrected chi connectivity index (χ3v) is 4.37. The van der Waals surface area contributed by atoms with E-state index in [0.717, 1.165) is 12.8 Å². The van der Waals surface area contributed by atoms with Gasteiger partial charge in [0.1, 0.15) is 12.1 Å². The third-order valence-electron chi connectivity index (χ3n) is 3.73. The van der Waals surface area contributed by atoms with Crippen LogP contribution in [-0.4, -0.2) is 72.0 Å². The molecule has 0 saturated heterocycles. The van der Waals surface area contributed by atoms with Crippen LogP contribution in [0.15, 0.2) is 0 Å². The molecule has 0 fully saturated rings. The smallest absolute Gasteiger partial charge is 0.326 e. The number of carbonyl (C=O) groups is 4. The molecule has 10 nitrogen and oxygen atoms in total. The molecule has 0 aromatic rings. The van der Waals surface area contributed by atoms with E-state index in [0.29, 0.717) is 18.7 Å². The molecule has 0 radical (unpaired) electrons. The van der Waals surface area contributed by atoms with Crippen molar-refractivity contribution in [3.63, 3.8) is 0 Å². The van der Waals surface area contributed by atoms with Crippen molar-refractivity contribution in [1.82, 2.24) is 16.0 Å². The van der Waals surface area contributed by atoms with Crippen LogP contribution in [0.2, 0.25) is 0 Å². The fourth-order valence-corrected chi connectivity index (χ4v) is 2.56. The van der Waals surface area contributed by atoms with Crippen molar-refractivity contribution >= 4 is 35.5 Å². The van der Waals surface area contributed by atoms with Gasteiger partial charge in [0.05, 0.1) is 12.6 Å². The standard InChI is InChI=1S/C16H31N5O5S/c1-10(14(23)21-12(16(25)26)6-8-27-2)20-13(22)9-19-15(24)11(18)5-3-4-7-17/h10-12H,3-9,17-18H2,1-2H3,(H,19,24)(H,20,22)(H,21,23)(H,25,26). The van der Waals surface area contributed by atoms with Crippen LogP contribution in [0.25, 0.3) is 0 Å². The number of nitrogens with one attached hydrogen (secondary N) is 3.